The van der Waals surface area contributed by atoms with Gasteiger partial charge >= 0.3 is 12.2 Å². The molecule has 1 aromatic heterocycles. The maximum Gasteiger partial charge on any atom is 0.408 e. The number of nitrogens with one attached hydrogen (secondary N) is 3. The number of aliphatic hydroxyl groups is 1. The van der Waals surface area contributed by atoms with E-state index in [1.54, 1.807) is 6.92 Å². The third-order valence-electron chi connectivity index (χ3n) is 9.39. The van der Waals surface area contributed by atoms with Crippen LogP contribution in [0.3, 0.4) is 0 Å². The first kappa shape index (κ1) is 36.8. The Labute approximate surface area is 294 Å². The number of rotatable bonds is 9. The minimum absolute atomic E-state index is 0.129. The van der Waals surface area contributed by atoms with E-state index in [9.17, 15) is 19.5 Å². The Hall–Kier alpha value is -4.51. The molecule has 2 fully saturated rings. The quantitative estimate of drug-likeness (QED) is 0.181. The van der Waals surface area contributed by atoms with Gasteiger partial charge in [-0.3, -0.25) is 4.79 Å². The van der Waals surface area contributed by atoms with Crippen LogP contribution in [0.1, 0.15) is 99.0 Å². The molecule has 3 amide bonds. The highest BCUT2D eigenvalue weighted by Gasteiger charge is 2.53. The highest BCUT2D eigenvalue weighted by Crippen LogP contribution is 2.49. The molecule has 50 heavy (non-hydrogen) atoms. The van der Waals surface area contributed by atoms with Crippen molar-refractivity contribution in [2.45, 2.75) is 122 Å². The standard InChI is InChI=1S/C39H51N5O6/c1-25(2)49-34(46)41-37(6)19-17-26(18-20-37)21-32(45)40-31-22-30(27-11-9-8-10-12-27)33(44-43-31)28-13-15-29(16-14-28)39(23-38(7,48)24-39)42-35(47)50-36(3,4)5/h8-16,22,25-26,48H,17-21,23-24H2,1-7H3,(H,41,46)(H,42,47)(H,40,43,45). The van der Waals surface area contributed by atoms with Crippen molar-refractivity contribution in [2.24, 2.45) is 5.92 Å². The molecular weight excluding hydrogens is 634 g/mol. The van der Waals surface area contributed by atoms with Gasteiger partial charge in [0.2, 0.25) is 5.91 Å². The lowest BCUT2D eigenvalue weighted by Crippen LogP contribution is -2.62. The number of alkyl carbamates (subject to hydrolysis) is 2. The second kappa shape index (κ2) is 14.4. The van der Waals surface area contributed by atoms with Gasteiger partial charge in [-0.1, -0.05) is 54.6 Å². The number of hydrogen-bond acceptors (Lipinski definition) is 8. The predicted octanol–water partition coefficient (Wildman–Crippen LogP) is 7.49. The summed E-state index contributed by atoms with van der Waals surface area (Å²) >= 11 is 0. The zero-order valence-electron chi connectivity index (χ0n) is 30.3. The fourth-order valence-corrected chi connectivity index (χ4v) is 7.15. The molecule has 4 N–H and O–H groups in total. The van der Waals surface area contributed by atoms with Crippen LogP contribution in [0.25, 0.3) is 22.4 Å². The van der Waals surface area contributed by atoms with Crippen LogP contribution in [-0.2, 0) is 19.8 Å². The fraction of sp³-hybridized carbons (Fsp3) is 0.513. The lowest BCUT2D eigenvalue weighted by atomic mass is 9.62. The zero-order chi connectivity index (χ0) is 36.3. The van der Waals surface area contributed by atoms with Crippen LogP contribution in [0.2, 0.25) is 0 Å². The Bertz CT molecular complexity index is 1670. The van der Waals surface area contributed by atoms with Gasteiger partial charge in [-0.2, -0.15) is 0 Å². The first-order valence-electron chi connectivity index (χ1n) is 17.5. The molecule has 11 nitrogen and oxygen atoms in total. The number of carbonyl (C=O) groups is 3. The van der Waals surface area contributed by atoms with Crippen LogP contribution in [-0.4, -0.2) is 56.2 Å². The monoisotopic (exact) mass is 685 g/mol. The maximum atomic E-state index is 13.2. The van der Waals surface area contributed by atoms with Crippen molar-refractivity contribution >= 4 is 23.9 Å². The lowest BCUT2D eigenvalue weighted by molar-refractivity contribution is -0.117. The molecule has 0 saturated heterocycles. The molecule has 0 radical (unpaired) electrons. The average Bonchev–Trinajstić information content (AvgIpc) is 3.00. The van der Waals surface area contributed by atoms with Gasteiger partial charge in [0, 0.05) is 35.9 Å². The van der Waals surface area contributed by atoms with Gasteiger partial charge in [0.25, 0.3) is 0 Å². The van der Waals surface area contributed by atoms with E-state index in [1.807, 2.05) is 102 Å². The highest BCUT2D eigenvalue weighted by molar-refractivity contribution is 5.91. The Morgan fingerprint density at radius 2 is 1.54 bits per heavy atom. The van der Waals surface area contributed by atoms with Gasteiger partial charge in [0.05, 0.1) is 17.2 Å². The van der Waals surface area contributed by atoms with Gasteiger partial charge in [0.15, 0.2) is 5.82 Å². The minimum atomic E-state index is -0.905. The number of amides is 3. The number of benzene rings is 2. The van der Waals surface area contributed by atoms with E-state index in [0.717, 1.165) is 47.9 Å². The normalized spacial score (nSPS) is 24.9. The topological polar surface area (TPSA) is 152 Å². The molecule has 0 spiro atoms. The Morgan fingerprint density at radius 1 is 0.900 bits per heavy atom. The van der Waals surface area contributed by atoms with E-state index in [0.29, 0.717) is 30.8 Å². The molecule has 2 aliphatic carbocycles. The Morgan fingerprint density at radius 3 is 2.12 bits per heavy atom. The second-order valence-electron chi connectivity index (χ2n) is 15.8. The van der Waals surface area contributed by atoms with Crippen molar-refractivity contribution in [2.75, 3.05) is 5.32 Å². The molecule has 0 atom stereocenters. The smallest absolute Gasteiger partial charge is 0.408 e. The van der Waals surface area contributed by atoms with E-state index < -0.39 is 28.9 Å². The third kappa shape index (κ3) is 9.38. The molecule has 0 aliphatic heterocycles. The summed E-state index contributed by atoms with van der Waals surface area (Å²) in [5, 5.41) is 28.6. The first-order chi connectivity index (χ1) is 23.4. The predicted molar refractivity (Wildman–Crippen MR) is 192 cm³/mol. The molecular formula is C39H51N5O6. The minimum Gasteiger partial charge on any atom is -0.447 e. The zero-order valence-corrected chi connectivity index (χ0v) is 30.3. The third-order valence-corrected chi connectivity index (χ3v) is 9.39. The van der Waals surface area contributed by atoms with E-state index in [1.165, 1.54) is 0 Å². The molecule has 268 valence electrons. The molecule has 3 aromatic rings. The van der Waals surface area contributed by atoms with E-state index in [4.69, 9.17) is 9.47 Å². The average molecular weight is 686 g/mol. The van der Waals surface area contributed by atoms with Crippen LogP contribution in [0, 0.1) is 5.92 Å². The number of carbonyl (C=O) groups excluding carboxylic acids is 3. The first-order valence-corrected chi connectivity index (χ1v) is 17.5. The number of anilines is 1. The van der Waals surface area contributed by atoms with E-state index in [-0.39, 0.29) is 23.5 Å². The van der Waals surface area contributed by atoms with Crippen LogP contribution < -0.4 is 16.0 Å². The molecule has 2 saturated carbocycles. The van der Waals surface area contributed by atoms with E-state index in [2.05, 4.69) is 26.1 Å². The molecule has 2 aromatic carbocycles. The number of nitrogens with zero attached hydrogens (tertiary/aromatic N) is 2. The number of ether oxygens (including phenoxy) is 2. The molecule has 0 bridgehead atoms. The van der Waals surface area contributed by atoms with Crippen molar-refractivity contribution in [3.8, 4) is 22.4 Å². The Kier molecular flexibility index (Phi) is 10.6. The summed E-state index contributed by atoms with van der Waals surface area (Å²) in [5.41, 5.74) is 1.37. The SMILES string of the molecule is CC(C)OC(=O)NC1(C)CCC(CC(=O)Nc2cc(-c3ccccc3)c(-c3ccc(C4(NC(=O)OC(C)(C)C)CC(C)(O)C4)cc3)nn2)CC1. The van der Waals surface area contributed by atoms with Crippen molar-refractivity contribution in [3.63, 3.8) is 0 Å². The van der Waals surface area contributed by atoms with Gasteiger partial charge < -0.3 is 30.5 Å². The summed E-state index contributed by atoms with van der Waals surface area (Å²) in [6, 6.07) is 19.4. The highest BCUT2D eigenvalue weighted by atomic mass is 16.6. The summed E-state index contributed by atoms with van der Waals surface area (Å²) in [6.45, 7) is 12.9. The molecule has 11 heteroatoms. The largest absolute Gasteiger partial charge is 0.447 e. The molecule has 5 rings (SSSR count). The number of hydrogen-bond donors (Lipinski definition) is 4. The summed E-state index contributed by atoms with van der Waals surface area (Å²) in [4.78, 5) is 38.1. The lowest BCUT2D eigenvalue weighted by Gasteiger charge is -2.52. The summed E-state index contributed by atoms with van der Waals surface area (Å²) < 4.78 is 10.8. The van der Waals surface area contributed by atoms with Crippen molar-refractivity contribution < 1.29 is 29.0 Å². The molecule has 1 heterocycles. The van der Waals surface area contributed by atoms with Gasteiger partial charge in [-0.05, 0) is 97.3 Å². The van der Waals surface area contributed by atoms with Crippen molar-refractivity contribution in [1.29, 1.82) is 0 Å². The van der Waals surface area contributed by atoms with Gasteiger partial charge in [-0.15, -0.1) is 10.2 Å². The summed E-state index contributed by atoms with van der Waals surface area (Å²) in [5.74, 6) is 0.429. The van der Waals surface area contributed by atoms with Gasteiger partial charge in [-0.25, -0.2) is 9.59 Å². The summed E-state index contributed by atoms with van der Waals surface area (Å²) in [6.07, 6.45) is 3.09. The van der Waals surface area contributed by atoms with Crippen LogP contribution >= 0.6 is 0 Å². The molecule has 0 unspecified atom stereocenters. The van der Waals surface area contributed by atoms with Crippen LogP contribution in [0.15, 0.2) is 60.7 Å². The van der Waals surface area contributed by atoms with E-state index >= 15 is 0 Å². The van der Waals surface area contributed by atoms with Gasteiger partial charge in [0.1, 0.15) is 11.3 Å². The second-order valence-corrected chi connectivity index (χ2v) is 15.8. The summed E-state index contributed by atoms with van der Waals surface area (Å²) in [7, 11) is 0. The van der Waals surface area contributed by atoms with Crippen LogP contribution in [0.5, 0.6) is 0 Å². The fourth-order valence-electron chi connectivity index (χ4n) is 7.15. The maximum absolute atomic E-state index is 13.2. The van der Waals surface area contributed by atoms with Crippen molar-refractivity contribution in [1.82, 2.24) is 20.8 Å². The Balaban J connectivity index is 1.29. The molecule has 2 aliphatic rings. The number of aromatic nitrogens is 2. The van der Waals surface area contributed by atoms with Crippen molar-refractivity contribution in [3.05, 3.63) is 66.2 Å². The van der Waals surface area contributed by atoms with Crippen LogP contribution in [0.4, 0.5) is 15.4 Å².